The molecule has 0 amide bonds. The van der Waals surface area contributed by atoms with Gasteiger partial charge >= 0.3 is 0 Å². The molecule has 0 radical (unpaired) electrons. The fourth-order valence-electron chi connectivity index (χ4n) is 1.91. The van der Waals surface area contributed by atoms with Crippen molar-refractivity contribution in [3.8, 4) is 0 Å². The van der Waals surface area contributed by atoms with Gasteiger partial charge in [-0.05, 0) is 25.5 Å². The van der Waals surface area contributed by atoms with Crippen LogP contribution in [0, 0.1) is 6.92 Å². The van der Waals surface area contributed by atoms with Gasteiger partial charge in [-0.2, -0.15) is 5.10 Å². The molecule has 0 aliphatic heterocycles. The Morgan fingerprint density at radius 2 is 2.33 bits per heavy atom. The van der Waals surface area contributed by atoms with E-state index < -0.39 is 0 Å². The molecule has 98 valence electrons. The lowest BCUT2D eigenvalue weighted by Crippen LogP contribution is -2.30. The molecular weight excluding hydrogens is 246 g/mol. The molecule has 3 N–H and O–H groups in total. The van der Waals surface area contributed by atoms with Crippen LogP contribution >= 0.6 is 11.3 Å². The Morgan fingerprint density at radius 3 is 2.94 bits per heavy atom. The molecule has 6 heteroatoms. The molecule has 5 nitrogen and oxygen atoms in total. The van der Waals surface area contributed by atoms with Gasteiger partial charge in [0.15, 0.2) is 0 Å². The Kier molecular flexibility index (Phi) is 4.46. The largest absolute Gasteiger partial charge is 0.271 e. The number of nitrogens with two attached hydrogens (primary N) is 1. The summed E-state index contributed by atoms with van der Waals surface area (Å²) >= 11 is 1.76. The Hall–Kier alpha value is -1.24. The highest BCUT2D eigenvalue weighted by atomic mass is 32.1. The minimum Gasteiger partial charge on any atom is -0.271 e. The minimum absolute atomic E-state index is 0.100. The zero-order valence-electron chi connectivity index (χ0n) is 10.8. The summed E-state index contributed by atoms with van der Waals surface area (Å²) in [4.78, 5) is 6.84. The van der Waals surface area contributed by atoms with Crippen molar-refractivity contribution in [2.75, 3.05) is 0 Å². The monoisotopic (exact) mass is 265 g/mol. The highest BCUT2D eigenvalue weighted by Gasteiger charge is 2.15. The molecule has 2 heterocycles. The number of aryl methyl sites for hydroxylation is 2. The van der Waals surface area contributed by atoms with Gasteiger partial charge in [-0.25, -0.2) is 4.98 Å². The zero-order valence-corrected chi connectivity index (χ0v) is 11.6. The number of hydrogen-bond donors (Lipinski definition) is 2. The van der Waals surface area contributed by atoms with Crippen LogP contribution in [0.25, 0.3) is 0 Å². The molecular formula is C12H19N5S. The van der Waals surface area contributed by atoms with E-state index in [0.717, 1.165) is 25.2 Å². The van der Waals surface area contributed by atoms with Crippen LogP contribution in [0.3, 0.4) is 0 Å². The Labute approximate surface area is 111 Å². The maximum Gasteiger partial charge on any atom is 0.138 e. The Bertz CT molecular complexity index is 490. The molecule has 2 aromatic heterocycles. The second kappa shape index (κ2) is 6.08. The van der Waals surface area contributed by atoms with Crippen molar-refractivity contribution < 1.29 is 0 Å². The van der Waals surface area contributed by atoms with Crippen molar-refractivity contribution in [3.05, 3.63) is 34.0 Å². The molecule has 1 unspecified atom stereocenters. The van der Waals surface area contributed by atoms with Crippen LogP contribution in [0.5, 0.6) is 0 Å². The van der Waals surface area contributed by atoms with Crippen molar-refractivity contribution in [2.24, 2.45) is 5.84 Å². The average Bonchev–Trinajstić information content (AvgIpc) is 2.96. The Morgan fingerprint density at radius 1 is 1.50 bits per heavy atom. The number of nitrogens with one attached hydrogen (secondary N) is 1. The quantitative estimate of drug-likeness (QED) is 0.617. The van der Waals surface area contributed by atoms with Gasteiger partial charge in [0.1, 0.15) is 12.2 Å². The lowest BCUT2D eigenvalue weighted by atomic mass is 10.1. The van der Waals surface area contributed by atoms with Crippen molar-refractivity contribution in [2.45, 2.75) is 39.3 Å². The molecule has 0 spiro atoms. The molecule has 1 atom stereocenters. The van der Waals surface area contributed by atoms with E-state index in [4.69, 9.17) is 5.84 Å². The first-order valence-corrected chi connectivity index (χ1v) is 6.95. The van der Waals surface area contributed by atoms with Crippen LogP contribution in [-0.2, 0) is 13.0 Å². The standard InChI is InChI=1S/C12H19N5S/c1-3-6-17-12(14-8-15-17)7-10(16-13)11-5-4-9(2)18-11/h4-5,8,10,16H,3,6-7,13H2,1-2H3. The van der Waals surface area contributed by atoms with Gasteiger partial charge in [0.25, 0.3) is 0 Å². The molecule has 0 aliphatic rings. The fraction of sp³-hybridized carbons (Fsp3) is 0.500. The number of aromatic nitrogens is 3. The van der Waals surface area contributed by atoms with E-state index in [0.29, 0.717) is 0 Å². The molecule has 0 aromatic carbocycles. The second-order valence-corrected chi connectivity index (χ2v) is 5.59. The molecule has 0 saturated heterocycles. The van der Waals surface area contributed by atoms with Crippen molar-refractivity contribution in [1.29, 1.82) is 0 Å². The van der Waals surface area contributed by atoms with E-state index in [9.17, 15) is 0 Å². The smallest absolute Gasteiger partial charge is 0.138 e. The summed E-state index contributed by atoms with van der Waals surface area (Å²) in [5.74, 6) is 6.63. The topological polar surface area (TPSA) is 68.8 Å². The van der Waals surface area contributed by atoms with Crippen molar-refractivity contribution >= 4 is 11.3 Å². The molecule has 0 aliphatic carbocycles. The first-order chi connectivity index (χ1) is 8.74. The normalized spacial score (nSPS) is 12.8. The third-order valence-corrected chi connectivity index (χ3v) is 3.94. The highest BCUT2D eigenvalue weighted by molar-refractivity contribution is 7.12. The van der Waals surface area contributed by atoms with Gasteiger partial charge in [-0.15, -0.1) is 11.3 Å². The van der Waals surface area contributed by atoms with Gasteiger partial charge < -0.3 is 0 Å². The van der Waals surface area contributed by atoms with Crippen LogP contribution < -0.4 is 11.3 Å². The fourth-order valence-corrected chi connectivity index (χ4v) is 2.85. The van der Waals surface area contributed by atoms with Crippen molar-refractivity contribution in [3.63, 3.8) is 0 Å². The molecule has 0 fully saturated rings. The van der Waals surface area contributed by atoms with Crippen LogP contribution in [-0.4, -0.2) is 14.8 Å². The maximum atomic E-state index is 5.65. The first-order valence-electron chi connectivity index (χ1n) is 6.13. The second-order valence-electron chi connectivity index (χ2n) is 4.27. The zero-order chi connectivity index (χ0) is 13.0. The number of thiophene rings is 1. The summed E-state index contributed by atoms with van der Waals surface area (Å²) in [7, 11) is 0. The third kappa shape index (κ3) is 2.95. The van der Waals surface area contributed by atoms with Crippen LogP contribution in [0.4, 0.5) is 0 Å². The van der Waals surface area contributed by atoms with E-state index in [-0.39, 0.29) is 6.04 Å². The van der Waals surface area contributed by atoms with Crippen LogP contribution in [0.2, 0.25) is 0 Å². The molecule has 2 rings (SSSR count). The van der Waals surface area contributed by atoms with E-state index >= 15 is 0 Å². The summed E-state index contributed by atoms with van der Waals surface area (Å²) < 4.78 is 1.95. The first kappa shape index (κ1) is 13.2. The van der Waals surface area contributed by atoms with Gasteiger partial charge in [-0.1, -0.05) is 6.92 Å². The number of hydrogen-bond acceptors (Lipinski definition) is 5. The summed E-state index contributed by atoms with van der Waals surface area (Å²) in [6, 6.07) is 4.33. The van der Waals surface area contributed by atoms with Crippen LogP contribution in [0.1, 0.15) is 35.0 Å². The lowest BCUT2D eigenvalue weighted by Gasteiger charge is -2.14. The van der Waals surface area contributed by atoms with Gasteiger partial charge in [-0.3, -0.25) is 16.0 Å². The SMILES string of the molecule is CCCn1ncnc1CC(NN)c1ccc(C)s1. The van der Waals surface area contributed by atoms with E-state index in [1.54, 1.807) is 17.7 Å². The van der Waals surface area contributed by atoms with E-state index in [2.05, 4.69) is 41.5 Å². The highest BCUT2D eigenvalue weighted by Crippen LogP contribution is 2.24. The maximum absolute atomic E-state index is 5.65. The predicted molar refractivity (Wildman–Crippen MR) is 73.1 cm³/mol. The molecule has 0 saturated carbocycles. The van der Waals surface area contributed by atoms with Gasteiger partial charge in [0.05, 0.1) is 6.04 Å². The minimum atomic E-state index is 0.100. The van der Waals surface area contributed by atoms with Crippen molar-refractivity contribution in [1.82, 2.24) is 20.2 Å². The van der Waals surface area contributed by atoms with E-state index in [1.807, 2.05) is 4.68 Å². The summed E-state index contributed by atoms with van der Waals surface area (Å²) in [6.45, 7) is 5.13. The number of nitrogens with zero attached hydrogens (tertiary/aromatic N) is 3. The number of rotatable bonds is 6. The summed E-state index contributed by atoms with van der Waals surface area (Å²) in [5, 5.41) is 4.23. The molecule has 2 aromatic rings. The van der Waals surface area contributed by atoms with Gasteiger partial charge in [0, 0.05) is 22.7 Å². The lowest BCUT2D eigenvalue weighted by molar-refractivity contribution is 0.504. The van der Waals surface area contributed by atoms with Crippen LogP contribution in [0.15, 0.2) is 18.5 Å². The average molecular weight is 265 g/mol. The van der Waals surface area contributed by atoms with Gasteiger partial charge in [0.2, 0.25) is 0 Å². The third-order valence-electron chi connectivity index (χ3n) is 2.82. The Balaban J connectivity index is 2.12. The molecule has 18 heavy (non-hydrogen) atoms. The summed E-state index contributed by atoms with van der Waals surface area (Å²) in [6.07, 6.45) is 3.42. The van der Waals surface area contributed by atoms with E-state index in [1.165, 1.54) is 9.75 Å². The summed E-state index contributed by atoms with van der Waals surface area (Å²) in [5.41, 5.74) is 2.87. The molecule has 0 bridgehead atoms. The number of hydrazine groups is 1. The predicted octanol–water partition coefficient (Wildman–Crippen LogP) is 1.81.